The second kappa shape index (κ2) is 24.0. The lowest BCUT2D eigenvalue weighted by atomic mass is 10.2. The lowest BCUT2D eigenvalue weighted by Crippen LogP contribution is -2.09. The van der Waals surface area contributed by atoms with E-state index in [4.69, 9.17) is 25.5 Å². The first-order valence-corrected chi connectivity index (χ1v) is 21.5. The fourth-order valence-corrected chi connectivity index (χ4v) is 10.5. The van der Waals surface area contributed by atoms with Gasteiger partial charge in [0.1, 0.15) is 17.6 Å². The largest absolute Gasteiger partial charge is 0.491 e. The molecule has 0 radical (unpaired) electrons. The number of thioether (sulfide) groups is 4. The Balaban J connectivity index is 2.02. The summed E-state index contributed by atoms with van der Waals surface area (Å²) < 4.78 is 25.2. The van der Waals surface area contributed by atoms with Crippen molar-refractivity contribution in [3.05, 3.63) is 31.2 Å². The van der Waals surface area contributed by atoms with Crippen LogP contribution in [0.4, 0.5) is 0 Å². The van der Waals surface area contributed by atoms with Crippen molar-refractivity contribution in [3.8, 4) is 17.6 Å². The van der Waals surface area contributed by atoms with Gasteiger partial charge in [-0.15, -0.1) is 0 Å². The maximum Gasteiger partial charge on any atom is 0.350 e. The number of hydrogen-bond donors (Lipinski definition) is 0. The molecular formula is C38H52N2O6S4. The molecule has 3 rings (SSSR count). The van der Waals surface area contributed by atoms with Crippen molar-refractivity contribution in [2.24, 2.45) is 0 Å². The summed E-state index contributed by atoms with van der Waals surface area (Å²) in [5.41, 5.74) is -0.0588. The highest BCUT2D eigenvalue weighted by Crippen LogP contribution is 2.68. The van der Waals surface area contributed by atoms with Crippen molar-refractivity contribution in [2.75, 3.05) is 26.4 Å². The molecule has 50 heavy (non-hydrogen) atoms. The molecule has 0 amide bonds. The van der Waals surface area contributed by atoms with Crippen molar-refractivity contribution in [3.63, 3.8) is 0 Å². The number of unbranched alkanes of at least 4 members (excludes halogenated alkanes) is 12. The SMILES string of the molecule is [C-]#[N+]C(C(=O)OCCCCCC)=C1Sc2c(OCCCCCC)c3c(c(OCCCCCC)c2S1)SC(=C(C#N)C(=O)OCCCCCC)S3. The average Bonchev–Trinajstić information content (AvgIpc) is 3.74. The van der Waals surface area contributed by atoms with Gasteiger partial charge in [0.15, 0.2) is 5.57 Å². The van der Waals surface area contributed by atoms with E-state index < -0.39 is 11.9 Å². The zero-order valence-electron chi connectivity index (χ0n) is 30.1. The average molecular weight is 761 g/mol. The summed E-state index contributed by atoms with van der Waals surface area (Å²) in [5.74, 6) is 0.0312. The predicted molar refractivity (Wildman–Crippen MR) is 206 cm³/mol. The van der Waals surface area contributed by atoms with Crippen LogP contribution in [0.3, 0.4) is 0 Å². The molecule has 0 saturated heterocycles. The lowest BCUT2D eigenvalue weighted by Gasteiger charge is -2.18. The van der Waals surface area contributed by atoms with Crippen LogP contribution in [0.25, 0.3) is 4.85 Å². The third kappa shape index (κ3) is 12.4. The number of benzene rings is 1. The second-order valence-corrected chi connectivity index (χ2v) is 16.7. The molecule has 8 nitrogen and oxygen atoms in total. The summed E-state index contributed by atoms with van der Waals surface area (Å²) in [6.45, 7) is 18.0. The first-order chi connectivity index (χ1) is 24.4. The van der Waals surface area contributed by atoms with Gasteiger partial charge in [-0.3, -0.25) is 4.79 Å². The van der Waals surface area contributed by atoms with Crippen LogP contribution < -0.4 is 9.47 Å². The number of nitriles is 1. The minimum atomic E-state index is -0.618. The van der Waals surface area contributed by atoms with Gasteiger partial charge in [-0.2, -0.15) is 5.26 Å². The Morgan fingerprint density at radius 3 is 1.34 bits per heavy atom. The molecule has 0 aliphatic carbocycles. The number of ether oxygens (including phenoxy) is 4. The molecule has 0 N–H and O–H groups in total. The molecule has 0 saturated carbocycles. The molecule has 0 bridgehead atoms. The Bertz CT molecular complexity index is 1300. The quantitative estimate of drug-likeness (QED) is 0.0331. The minimum absolute atomic E-state index is 0.0208. The fourth-order valence-electron chi connectivity index (χ4n) is 5.15. The Morgan fingerprint density at radius 2 is 0.960 bits per heavy atom. The van der Waals surface area contributed by atoms with Crippen LogP contribution in [0.1, 0.15) is 130 Å². The lowest BCUT2D eigenvalue weighted by molar-refractivity contribution is -0.139. The normalized spacial score (nSPS) is 12.9. The Morgan fingerprint density at radius 1 is 0.580 bits per heavy atom. The molecule has 1 aromatic carbocycles. The molecule has 2 aliphatic heterocycles. The van der Waals surface area contributed by atoms with E-state index >= 15 is 0 Å². The highest BCUT2D eigenvalue weighted by atomic mass is 32.2. The standard InChI is InChI=1S/C38H52N2O6S4/c1-6-10-14-18-22-43-29-31-32(48-37(47-31)27(26-39)35(41)45-24-20-16-12-8-3)30(44-23-19-15-11-7-2)34-33(29)49-38(50-34)28(40-5)36(42)46-25-21-17-13-9-4/h6-25H2,1-4H3. The summed E-state index contributed by atoms with van der Waals surface area (Å²) in [5, 5.41) is 10.1. The van der Waals surface area contributed by atoms with Crippen LogP contribution in [0.2, 0.25) is 0 Å². The van der Waals surface area contributed by atoms with Gasteiger partial charge < -0.3 is 18.9 Å². The van der Waals surface area contributed by atoms with Gasteiger partial charge in [0.25, 0.3) is 5.70 Å². The summed E-state index contributed by atoms with van der Waals surface area (Å²) in [7, 11) is 0. The van der Waals surface area contributed by atoms with Crippen LogP contribution in [0.15, 0.2) is 39.3 Å². The predicted octanol–water partition coefficient (Wildman–Crippen LogP) is 12.1. The number of carbonyl (C=O) groups excluding carboxylic acids is 2. The first kappa shape index (κ1) is 42.0. The third-order valence-electron chi connectivity index (χ3n) is 7.99. The molecule has 274 valence electrons. The van der Waals surface area contributed by atoms with Gasteiger partial charge in [0.2, 0.25) is 0 Å². The molecule has 0 aromatic heterocycles. The van der Waals surface area contributed by atoms with Crippen LogP contribution in [-0.4, -0.2) is 38.4 Å². The van der Waals surface area contributed by atoms with Gasteiger partial charge >= 0.3 is 11.9 Å². The van der Waals surface area contributed by atoms with Gasteiger partial charge in [-0.05, 0) is 25.7 Å². The van der Waals surface area contributed by atoms with Gasteiger partial charge in [0, 0.05) is 0 Å². The van der Waals surface area contributed by atoms with E-state index in [1.165, 1.54) is 47.0 Å². The van der Waals surface area contributed by atoms with E-state index in [9.17, 15) is 14.9 Å². The third-order valence-corrected chi connectivity index (χ3v) is 13.2. The molecule has 0 atom stereocenters. The molecule has 0 spiro atoms. The summed E-state index contributed by atoms with van der Waals surface area (Å²) in [6, 6.07) is 2.11. The number of hydrogen-bond acceptors (Lipinski definition) is 11. The van der Waals surface area contributed by atoms with E-state index in [0.717, 1.165) is 122 Å². The molecule has 2 heterocycles. The number of rotatable bonds is 24. The maximum absolute atomic E-state index is 13.1. The maximum atomic E-state index is 13.1. The van der Waals surface area contributed by atoms with E-state index in [1.54, 1.807) is 0 Å². The molecule has 0 unspecified atom stereocenters. The Labute approximate surface area is 316 Å². The first-order valence-electron chi connectivity index (χ1n) is 18.3. The van der Waals surface area contributed by atoms with Crippen molar-refractivity contribution in [1.29, 1.82) is 5.26 Å². The van der Waals surface area contributed by atoms with E-state index in [0.29, 0.717) is 33.2 Å². The van der Waals surface area contributed by atoms with Gasteiger partial charge in [-0.1, -0.05) is 152 Å². The van der Waals surface area contributed by atoms with Crippen LogP contribution in [0, 0.1) is 17.9 Å². The van der Waals surface area contributed by atoms with Gasteiger partial charge in [0.05, 0.1) is 61.1 Å². The number of esters is 2. The van der Waals surface area contributed by atoms with E-state index in [1.807, 2.05) is 0 Å². The molecular weight excluding hydrogens is 709 g/mol. The van der Waals surface area contributed by atoms with E-state index in [-0.39, 0.29) is 24.5 Å². The fraction of sp³-hybridized carbons (Fsp3) is 0.632. The number of fused-ring (bicyclic) bond motifs is 2. The van der Waals surface area contributed by atoms with Crippen LogP contribution in [-0.2, 0) is 19.1 Å². The number of nitrogens with zero attached hydrogens (tertiary/aromatic N) is 2. The van der Waals surface area contributed by atoms with Crippen molar-refractivity contribution >= 4 is 59.0 Å². The smallest absolute Gasteiger partial charge is 0.350 e. The molecule has 1 aromatic rings. The summed E-state index contributed by atoms with van der Waals surface area (Å²) >= 11 is 5.33. The van der Waals surface area contributed by atoms with Gasteiger partial charge in [-0.25, -0.2) is 9.64 Å². The monoisotopic (exact) mass is 760 g/mol. The summed E-state index contributed by atoms with van der Waals surface area (Å²) in [4.78, 5) is 33.0. The molecule has 2 aliphatic rings. The zero-order chi connectivity index (χ0) is 36.1. The topological polar surface area (TPSA) is 99.2 Å². The highest BCUT2D eigenvalue weighted by molar-refractivity contribution is 8.26. The Kier molecular flexibility index (Phi) is 20.2. The van der Waals surface area contributed by atoms with Crippen molar-refractivity contribution in [2.45, 2.75) is 150 Å². The van der Waals surface area contributed by atoms with Crippen molar-refractivity contribution < 1.29 is 28.5 Å². The molecule has 12 heteroatoms. The zero-order valence-corrected chi connectivity index (χ0v) is 33.4. The Hall–Kier alpha value is -2.38. The van der Waals surface area contributed by atoms with E-state index in [2.05, 4.69) is 38.6 Å². The molecule has 0 fully saturated rings. The minimum Gasteiger partial charge on any atom is -0.491 e. The van der Waals surface area contributed by atoms with Crippen LogP contribution in [0.5, 0.6) is 11.5 Å². The van der Waals surface area contributed by atoms with Crippen LogP contribution >= 0.6 is 47.0 Å². The van der Waals surface area contributed by atoms with Crippen molar-refractivity contribution in [1.82, 2.24) is 0 Å². The second-order valence-electron chi connectivity index (χ2n) is 12.1. The summed E-state index contributed by atoms with van der Waals surface area (Å²) in [6.07, 6.45) is 16.0. The number of carbonyl (C=O) groups is 2. The highest BCUT2D eigenvalue weighted by Gasteiger charge is 2.40.